The van der Waals surface area contributed by atoms with Gasteiger partial charge in [0.05, 0.1) is 6.26 Å². The third-order valence-electron chi connectivity index (χ3n) is 5.38. The van der Waals surface area contributed by atoms with Gasteiger partial charge >= 0.3 is 0 Å². The number of furan rings is 1. The highest BCUT2D eigenvalue weighted by Crippen LogP contribution is 2.42. The van der Waals surface area contributed by atoms with Gasteiger partial charge in [0.1, 0.15) is 11.9 Å². The maximum Gasteiger partial charge on any atom is 0.193 e. The van der Waals surface area contributed by atoms with Crippen LogP contribution < -0.4 is 0 Å². The van der Waals surface area contributed by atoms with Gasteiger partial charge in [-0.15, -0.1) is 0 Å². The highest BCUT2D eigenvalue weighted by Gasteiger charge is 2.40. The lowest BCUT2D eigenvalue weighted by Gasteiger charge is -2.39. The normalized spacial score (nSPS) is 12.9. The first kappa shape index (κ1) is 20.2. The van der Waals surface area contributed by atoms with E-state index >= 15 is 0 Å². The SMILES string of the molecule is CC(C)(C)[Si](C)(C)OC(c1ccco1)c1ccccc1C#Cc1ccccc1. The van der Waals surface area contributed by atoms with Crippen molar-refractivity contribution in [2.45, 2.75) is 45.0 Å². The Morgan fingerprint density at radius 3 is 2.18 bits per heavy atom. The van der Waals surface area contributed by atoms with Crippen LogP contribution in [0.15, 0.2) is 77.4 Å². The molecule has 28 heavy (non-hydrogen) atoms. The summed E-state index contributed by atoms with van der Waals surface area (Å²) in [6, 6.07) is 22.1. The Labute approximate surface area is 169 Å². The zero-order valence-electron chi connectivity index (χ0n) is 17.3. The first-order valence-corrected chi connectivity index (χ1v) is 12.6. The highest BCUT2D eigenvalue weighted by molar-refractivity contribution is 6.74. The molecule has 0 N–H and O–H groups in total. The number of benzene rings is 2. The molecule has 0 spiro atoms. The Bertz CT molecular complexity index is 955. The largest absolute Gasteiger partial charge is 0.466 e. The molecule has 0 aliphatic rings. The van der Waals surface area contributed by atoms with Gasteiger partial charge in [0.2, 0.25) is 0 Å². The fraction of sp³-hybridized carbons (Fsp3) is 0.280. The van der Waals surface area contributed by atoms with Gasteiger partial charge in [-0.05, 0) is 48.5 Å². The van der Waals surface area contributed by atoms with Gasteiger partial charge in [-0.2, -0.15) is 0 Å². The van der Waals surface area contributed by atoms with Crippen LogP contribution in [0.2, 0.25) is 18.1 Å². The summed E-state index contributed by atoms with van der Waals surface area (Å²) >= 11 is 0. The quantitative estimate of drug-likeness (QED) is 0.362. The fourth-order valence-electron chi connectivity index (χ4n) is 2.69. The molecule has 0 saturated heterocycles. The predicted molar refractivity (Wildman–Crippen MR) is 118 cm³/mol. The van der Waals surface area contributed by atoms with Crippen LogP contribution in [0.5, 0.6) is 0 Å². The summed E-state index contributed by atoms with van der Waals surface area (Å²) < 4.78 is 12.6. The summed E-state index contributed by atoms with van der Waals surface area (Å²) in [7, 11) is -2.02. The number of rotatable bonds is 4. The van der Waals surface area contributed by atoms with E-state index in [2.05, 4.69) is 57.8 Å². The third-order valence-corrected chi connectivity index (χ3v) is 9.82. The first-order valence-electron chi connectivity index (χ1n) is 9.65. The molecule has 2 nitrogen and oxygen atoms in total. The second-order valence-electron chi connectivity index (χ2n) is 8.48. The van der Waals surface area contributed by atoms with E-state index in [1.165, 1.54) is 0 Å². The molecule has 1 unspecified atom stereocenters. The maximum atomic E-state index is 6.80. The van der Waals surface area contributed by atoms with Crippen molar-refractivity contribution in [2.75, 3.05) is 0 Å². The minimum atomic E-state index is -2.02. The minimum Gasteiger partial charge on any atom is -0.466 e. The standard InChI is InChI=1S/C25H28O2Si/c1-25(2,3)28(4,5)27-24(23-16-11-19-26-23)22-15-10-9-14-21(22)18-17-20-12-7-6-8-13-20/h6-16,19,24H,1-5H3. The summed E-state index contributed by atoms with van der Waals surface area (Å²) in [5.74, 6) is 7.43. The van der Waals surface area contributed by atoms with Crippen molar-refractivity contribution in [3.8, 4) is 11.8 Å². The first-order chi connectivity index (χ1) is 13.3. The van der Waals surface area contributed by atoms with Gasteiger partial charge in [0, 0.05) is 16.7 Å². The lowest BCUT2D eigenvalue weighted by atomic mass is 10.0. The second kappa shape index (κ2) is 8.22. The molecule has 2 aromatic carbocycles. The van der Waals surface area contributed by atoms with Crippen molar-refractivity contribution in [2.24, 2.45) is 0 Å². The fourth-order valence-corrected chi connectivity index (χ4v) is 3.87. The van der Waals surface area contributed by atoms with Crippen molar-refractivity contribution in [1.82, 2.24) is 0 Å². The smallest absolute Gasteiger partial charge is 0.193 e. The lowest BCUT2D eigenvalue weighted by molar-refractivity contribution is 0.193. The molecule has 0 bridgehead atoms. The topological polar surface area (TPSA) is 22.4 Å². The van der Waals surface area contributed by atoms with Crippen molar-refractivity contribution in [3.05, 3.63) is 95.4 Å². The molecule has 144 valence electrons. The lowest BCUT2D eigenvalue weighted by Crippen LogP contribution is -2.42. The molecule has 1 heterocycles. The third kappa shape index (κ3) is 4.65. The van der Waals surface area contributed by atoms with E-state index in [1.807, 2.05) is 54.6 Å². The van der Waals surface area contributed by atoms with Crippen LogP contribution >= 0.6 is 0 Å². The van der Waals surface area contributed by atoms with Gasteiger partial charge < -0.3 is 8.84 Å². The van der Waals surface area contributed by atoms with Gasteiger partial charge in [-0.1, -0.05) is 69.0 Å². The van der Waals surface area contributed by atoms with Gasteiger partial charge in [-0.25, -0.2) is 0 Å². The molecular formula is C25H28O2Si. The maximum absolute atomic E-state index is 6.80. The zero-order valence-corrected chi connectivity index (χ0v) is 18.3. The molecule has 0 radical (unpaired) electrons. The molecule has 1 aromatic heterocycles. The Morgan fingerprint density at radius 2 is 1.54 bits per heavy atom. The van der Waals surface area contributed by atoms with Crippen LogP contribution in [0.3, 0.4) is 0 Å². The average molecular weight is 389 g/mol. The van der Waals surface area contributed by atoms with Gasteiger partial charge in [0.25, 0.3) is 0 Å². The van der Waals surface area contributed by atoms with Crippen LogP contribution in [0.1, 0.15) is 49.3 Å². The van der Waals surface area contributed by atoms with E-state index in [4.69, 9.17) is 8.84 Å². The molecule has 3 rings (SSSR count). The molecule has 0 aliphatic heterocycles. The van der Waals surface area contributed by atoms with Crippen LogP contribution in [0.4, 0.5) is 0 Å². The van der Waals surface area contributed by atoms with Crippen molar-refractivity contribution >= 4 is 8.32 Å². The molecule has 1 atom stereocenters. The summed E-state index contributed by atoms with van der Waals surface area (Å²) in [6.45, 7) is 11.3. The average Bonchev–Trinajstić information content (AvgIpc) is 3.19. The second-order valence-corrected chi connectivity index (χ2v) is 13.2. The molecule has 0 aliphatic carbocycles. The molecule has 0 amide bonds. The summed E-state index contributed by atoms with van der Waals surface area (Å²) in [4.78, 5) is 0. The zero-order chi connectivity index (χ0) is 20.2. The highest BCUT2D eigenvalue weighted by atomic mass is 28.4. The van der Waals surface area contributed by atoms with Crippen molar-refractivity contribution in [3.63, 3.8) is 0 Å². The Balaban J connectivity index is 2.04. The van der Waals surface area contributed by atoms with Gasteiger partial charge in [-0.3, -0.25) is 0 Å². The summed E-state index contributed by atoms with van der Waals surface area (Å²) in [6.07, 6.45) is 1.44. The van der Waals surface area contributed by atoms with Crippen molar-refractivity contribution in [1.29, 1.82) is 0 Å². The monoisotopic (exact) mass is 388 g/mol. The van der Waals surface area contributed by atoms with Crippen molar-refractivity contribution < 1.29 is 8.84 Å². The molecule has 3 aromatic rings. The van der Waals surface area contributed by atoms with E-state index < -0.39 is 8.32 Å². The molecule has 0 saturated carbocycles. The van der Waals surface area contributed by atoms with Crippen LogP contribution in [-0.2, 0) is 4.43 Å². The van der Waals surface area contributed by atoms with Crippen LogP contribution in [0, 0.1) is 11.8 Å². The minimum absolute atomic E-state index is 0.0997. The van der Waals surface area contributed by atoms with Gasteiger partial charge in [0.15, 0.2) is 8.32 Å². The van der Waals surface area contributed by atoms with Crippen LogP contribution in [0.25, 0.3) is 0 Å². The van der Waals surface area contributed by atoms with E-state index in [1.54, 1.807) is 6.26 Å². The van der Waals surface area contributed by atoms with E-state index in [0.717, 1.165) is 22.5 Å². The summed E-state index contributed by atoms with van der Waals surface area (Å²) in [5.41, 5.74) is 3.01. The Morgan fingerprint density at radius 1 is 0.857 bits per heavy atom. The molecular weight excluding hydrogens is 360 g/mol. The van der Waals surface area contributed by atoms with Crippen LogP contribution in [-0.4, -0.2) is 8.32 Å². The molecule has 0 fully saturated rings. The Hall–Kier alpha value is -2.54. The number of hydrogen-bond donors (Lipinski definition) is 0. The van der Waals surface area contributed by atoms with E-state index in [9.17, 15) is 0 Å². The Kier molecular flexibility index (Phi) is 5.93. The van der Waals surface area contributed by atoms with E-state index in [-0.39, 0.29) is 11.1 Å². The van der Waals surface area contributed by atoms with E-state index in [0.29, 0.717) is 0 Å². The summed E-state index contributed by atoms with van der Waals surface area (Å²) in [5, 5.41) is 0.0997. The predicted octanol–water partition coefficient (Wildman–Crippen LogP) is 6.79. The molecule has 3 heteroatoms. The number of hydrogen-bond acceptors (Lipinski definition) is 2.